The van der Waals surface area contributed by atoms with Crippen molar-refractivity contribution in [3.05, 3.63) is 29.6 Å². The zero-order chi connectivity index (χ0) is 14.3. The number of benzene rings is 1. The average Bonchev–Trinajstić information content (AvgIpc) is 3.01. The Hall–Kier alpha value is -1.33. The van der Waals surface area contributed by atoms with Gasteiger partial charge in [0.05, 0.1) is 12.7 Å². The average molecular weight is 315 g/mol. The van der Waals surface area contributed by atoms with Crippen molar-refractivity contribution in [3.8, 4) is 5.75 Å². The Labute approximate surface area is 129 Å². The largest absolute Gasteiger partial charge is 0.494 e. The van der Waals surface area contributed by atoms with E-state index in [4.69, 9.17) is 10.5 Å². The maximum absolute atomic E-state index is 14.1. The standard InChI is InChI=1S/C15H19FN2O2.ClH/c1-20-13-4-2-3-10(14(13)16)15(19)18-7-9-5-6-12(17)11(9)8-18;/h2-4,9,11-12H,5-8,17H2,1H3;1H. The molecule has 1 saturated carbocycles. The van der Waals surface area contributed by atoms with E-state index in [2.05, 4.69) is 0 Å². The van der Waals surface area contributed by atoms with Gasteiger partial charge in [0, 0.05) is 19.1 Å². The van der Waals surface area contributed by atoms with Gasteiger partial charge < -0.3 is 15.4 Å². The smallest absolute Gasteiger partial charge is 0.256 e. The van der Waals surface area contributed by atoms with Gasteiger partial charge in [-0.25, -0.2) is 4.39 Å². The zero-order valence-electron chi connectivity index (χ0n) is 11.9. The highest BCUT2D eigenvalue weighted by atomic mass is 35.5. The van der Waals surface area contributed by atoms with E-state index in [1.807, 2.05) is 0 Å². The topological polar surface area (TPSA) is 55.6 Å². The molecule has 0 spiro atoms. The van der Waals surface area contributed by atoms with Crippen molar-refractivity contribution in [1.82, 2.24) is 4.90 Å². The first kappa shape index (κ1) is 16.0. The molecule has 3 atom stereocenters. The van der Waals surface area contributed by atoms with Gasteiger partial charge in [0.1, 0.15) is 0 Å². The first-order valence-corrected chi connectivity index (χ1v) is 6.99. The van der Waals surface area contributed by atoms with E-state index in [9.17, 15) is 9.18 Å². The van der Waals surface area contributed by atoms with Gasteiger partial charge in [-0.1, -0.05) is 6.07 Å². The second-order valence-corrected chi connectivity index (χ2v) is 5.70. The van der Waals surface area contributed by atoms with E-state index in [1.54, 1.807) is 11.0 Å². The van der Waals surface area contributed by atoms with E-state index in [0.717, 1.165) is 12.8 Å². The third-order valence-electron chi connectivity index (χ3n) is 4.61. The molecule has 4 nitrogen and oxygen atoms in total. The quantitative estimate of drug-likeness (QED) is 0.909. The van der Waals surface area contributed by atoms with Crippen LogP contribution in [0.1, 0.15) is 23.2 Å². The van der Waals surface area contributed by atoms with Crippen LogP contribution in [0.25, 0.3) is 0 Å². The van der Waals surface area contributed by atoms with E-state index in [1.165, 1.54) is 19.2 Å². The second kappa shape index (κ2) is 6.20. The molecule has 3 rings (SSSR count). The van der Waals surface area contributed by atoms with Crippen LogP contribution in [0, 0.1) is 17.7 Å². The number of fused-ring (bicyclic) bond motifs is 1. The van der Waals surface area contributed by atoms with E-state index >= 15 is 0 Å². The number of nitrogens with zero attached hydrogens (tertiary/aromatic N) is 1. The second-order valence-electron chi connectivity index (χ2n) is 5.70. The molecule has 2 fully saturated rings. The van der Waals surface area contributed by atoms with Crippen LogP contribution in [-0.2, 0) is 0 Å². The number of ether oxygens (including phenoxy) is 1. The van der Waals surface area contributed by atoms with Gasteiger partial charge >= 0.3 is 0 Å². The maximum Gasteiger partial charge on any atom is 0.256 e. The molecule has 1 aliphatic carbocycles. The van der Waals surface area contributed by atoms with Gasteiger partial charge in [0.15, 0.2) is 11.6 Å². The van der Waals surface area contributed by atoms with Crippen molar-refractivity contribution in [2.45, 2.75) is 18.9 Å². The molecular formula is C15H20ClFN2O2. The Morgan fingerprint density at radius 2 is 2.14 bits per heavy atom. The van der Waals surface area contributed by atoms with Crippen molar-refractivity contribution in [2.24, 2.45) is 17.6 Å². The fraction of sp³-hybridized carbons (Fsp3) is 0.533. The summed E-state index contributed by atoms with van der Waals surface area (Å²) in [4.78, 5) is 14.2. The molecular weight excluding hydrogens is 295 g/mol. The summed E-state index contributed by atoms with van der Waals surface area (Å²) in [6, 6.07) is 4.83. The van der Waals surface area contributed by atoms with Gasteiger partial charge in [0.25, 0.3) is 5.91 Å². The minimum Gasteiger partial charge on any atom is -0.494 e. The van der Waals surface area contributed by atoms with Crippen LogP contribution in [0.2, 0.25) is 0 Å². The molecule has 3 unspecified atom stereocenters. The van der Waals surface area contributed by atoms with Gasteiger partial charge in [-0.05, 0) is 36.8 Å². The lowest BCUT2D eigenvalue weighted by Gasteiger charge is -2.19. The molecule has 1 saturated heterocycles. The minimum atomic E-state index is -0.582. The SMILES string of the molecule is COc1cccc(C(=O)N2CC3CCC(N)C3C2)c1F.Cl. The number of amides is 1. The van der Waals surface area contributed by atoms with Crippen molar-refractivity contribution in [1.29, 1.82) is 0 Å². The molecule has 0 aromatic heterocycles. The highest BCUT2D eigenvalue weighted by molar-refractivity contribution is 5.95. The molecule has 1 heterocycles. The number of hydrogen-bond donors (Lipinski definition) is 1. The van der Waals surface area contributed by atoms with Crippen molar-refractivity contribution in [2.75, 3.05) is 20.2 Å². The van der Waals surface area contributed by atoms with E-state index in [-0.39, 0.29) is 35.7 Å². The Balaban J connectivity index is 0.00000161. The van der Waals surface area contributed by atoms with E-state index in [0.29, 0.717) is 24.9 Å². The minimum absolute atomic E-state index is 0. The summed E-state index contributed by atoms with van der Waals surface area (Å²) in [5, 5.41) is 0. The maximum atomic E-state index is 14.1. The monoisotopic (exact) mass is 314 g/mol. The summed E-state index contributed by atoms with van der Waals surface area (Å²) >= 11 is 0. The summed E-state index contributed by atoms with van der Waals surface area (Å²) in [7, 11) is 1.39. The highest BCUT2D eigenvalue weighted by Crippen LogP contribution is 2.37. The van der Waals surface area contributed by atoms with E-state index < -0.39 is 5.82 Å². The summed E-state index contributed by atoms with van der Waals surface area (Å²) < 4.78 is 19.1. The number of rotatable bonds is 2. The molecule has 2 aliphatic rings. The van der Waals surface area contributed by atoms with Gasteiger partial charge in [-0.2, -0.15) is 0 Å². The van der Waals surface area contributed by atoms with Gasteiger partial charge in [-0.15, -0.1) is 12.4 Å². The summed E-state index contributed by atoms with van der Waals surface area (Å²) in [6.45, 7) is 1.33. The lowest BCUT2D eigenvalue weighted by Crippen LogP contribution is -2.33. The molecule has 1 aliphatic heterocycles. The van der Waals surface area contributed by atoms with Crippen LogP contribution in [0.3, 0.4) is 0 Å². The molecule has 1 aromatic carbocycles. The Morgan fingerprint density at radius 3 is 2.81 bits per heavy atom. The highest BCUT2D eigenvalue weighted by Gasteiger charge is 2.42. The fourth-order valence-electron chi connectivity index (χ4n) is 3.48. The van der Waals surface area contributed by atoms with Crippen molar-refractivity contribution >= 4 is 18.3 Å². The molecule has 2 N–H and O–H groups in total. The van der Waals surface area contributed by atoms with Gasteiger partial charge in [-0.3, -0.25) is 4.79 Å². The predicted molar refractivity (Wildman–Crippen MR) is 80.3 cm³/mol. The molecule has 1 aromatic rings. The van der Waals surface area contributed by atoms with Crippen LogP contribution in [0.5, 0.6) is 5.75 Å². The lowest BCUT2D eigenvalue weighted by molar-refractivity contribution is 0.0774. The number of methoxy groups -OCH3 is 1. The number of likely N-dealkylation sites (tertiary alicyclic amines) is 1. The number of hydrogen-bond acceptors (Lipinski definition) is 3. The number of carbonyl (C=O) groups is 1. The Bertz CT molecular complexity index is 540. The Kier molecular flexibility index (Phi) is 4.74. The molecule has 21 heavy (non-hydrogen) atoms. The molecule has 0 bridgehead atoms. The van der Waals surface area contributed by atoms with Crippen LogP contribution in [0.15, 0.2) is 18.2 Å². The first-order chi connectivity index (χ1) is 9.61. The third kappa shape index (κ3) is 2.72. The summed E-state index contributed by atoms with van der Waals surface area (Å²) in [5.74, 6) is 0.103. The van der Waals surface area contributed by atoms with Crippen LogP contribution < -0.4 is 10.5 Å². The summed E-state index contributed by atoms with van der Waals surface area (Å²) in [5.41, 5.74) is 6.15. The normalized spacial score (nSPS) is 27.2. The molecule has 1 amide bonds. The summed E-state index contributed by atoms with van der Waals surface area (Å²) in [6.07, 6.45) is 2.10. The third-order valence-corrected chi connectivity index (χ3v) is 4.61. The number of carbonyl (C=O) groups excluding carboxylic acids is 1. The molecule has 0 radical (unpaired) electrons. The van der Waals surface area contributed by atoms with Crippen LogP contribution in [0.4, 0.5) is 4.39 Å². The zero-order valence-corrected chi connectivity index (χ0v) is 12.7. The Morgan fingerprint density at radius 1 is 1.38 bits per heavy atom. The molecule has 6 heteroatoms. The number of nitrogens with two attached hydrogens (primary N) is 1. The van der Waals surface area contributed by atoms with Gasteiger partial charge in [0.2, 0.25) is 0 Å². The first-order valence-electron chi connectivity index (χ1n) is 6.99. The molecule has 116 valence electrons. The van der Waals surface area contributed by atoms with Crippen LogP contribution in [-0.4, -0.2) is 37.0 Å². The predicted octanol–water partition coefficient (Wildman–Crippen LogP) is 2.07. The van der Waals surface area contributed by atoms with Crippen molar-refractivity contribution < 1.29 is 13.9 Å². The van der Waals surface area contributed by atoms with Crippen LogP contribution >= 0.6 is 12.4 Å². The fourth-order valence-corrected chi connectivity index (χ4v) is 3.48. The lowest BCUT2D eigenvalue weighted by atomic mass is 9.98. The van der Waals surface area contributed by atoms with Crippen molar-refractivity contribution in [3.63, 3.8) is 0 Å². The number of halogens is 2.